The first-order valence-electron chi connectivity index (χ1n) is 4.96. The number of carbonyl (C=O) groups is 1. The van der Waals surface area contributed by atoms with Crippen LogP contribution in [-0.4, -0.2) is 21.8 Å². The van der Waals surface area contributed by atoms with Gasteiger partial charge in [0, 0.05) is 13.0 Å². The molecular formula is C11H16O2Si. The molecule has 2 nitrogen and oxygen atoms in total. The molecule has 14 heavy (non-hydrogen) atoms. The zero-order chi connectivity index (χ0) is 10.2. The van der Waals surface area contributed by atoms with E-state index in [2.05, 4.69) is 12.1 Å². The van der Waals surface area contributed by atoms with E-state index in [1.807, 2.05) is 25.1 Å². The number of benzene rings is 1. The smallest absolute Gasteiger partial charge is 0.234 e. The molecule has 76 valence electrons. The van der Waals surface area contributed by atoms with Crippen molar-refractivity contribution in [3.05, 3.63) is 35.9 Å². The fourth-order valence-electron chi connectivity index (χ4n) is 1.12. The maximum atomic E-state index is 11.0. The van der Waals surface area contributed by atoms with Crippen LogP contribution >= 0.6 is 0 Å². The molecule has 0 aliphatic heterocycles. The Morgan fingerprint density at radius 3 is 2.71 bits per heavy atom. The molecule has 0 aliphatic rings. The quantitative estimate of drug-likeness (QED) is 0.520. The lowest BCUT2D eigenvalue weighted by atomic mass is 10.2. The van der Waals surface area contributed by atoms with Gasteiger partial charge in [-0.15, -0.1) is 0 Å². The number of carbonyl (C=O) groups excluding carboxylic acids is 1. The van der Waals surface area contributed by atoms with Gasteiger partial charge in [-0.05, 0) is 12.0 Å². The number of hydrogen-bond acceptors (Lipinski definition) is 2. The summed E-state index contributed by atoms with van der Waals surface area (Å²) in [5, 5.41) is 0.304. The molecule has 0 bridgehead atoms. The number of hydrogen-bond donors (Lipinski definition) is 0. The van der Waals surface area contributed by atoms with Gasteiger partial charge in [-0.3, -0.25) is 0 Å². The summed E-state index contributed by atoms with van der Waals surface area (Å²) in [6.07, 6.45) is 1.53. The molecule has 3 heteroatoms. The van der Waals surface area contributed by atoms with E-state index >= 15 is 0 Å². The van der Waals surface area contributed by atoms with Gasteiger partial charge in [0.2, 0.25) is 9.76 Å². The SMILES string of the molecule is CCC(=O)[SiH2]OCCc1ccccc1. The highest BCUT2D eigenvalue weighted by Crippen LogP contribution is 1.99. The third-order valence-electron chi connectivity index (χ3n) is 2.04. The van der Waals surface area contributed by atoms with Gasteiger partial charge in [0.15, 0.2) is 0 Å². The molecule has 0 spiro atoms. The van der Waals surface area contributed by atoms with Crippen molar-refractivity contribution in [3.63, 3.8) is 0 Å². The lowest BCUT2D eigenvalue weighted by Gasteiger charge is -2.02. The largest absolute Gasteiger partial charge is 0.415 e. The summed E-state index contributed by atoms with van der Waals surface area (Å²) in [5.74, 6) is 0. The van der Waals surface area contributed by atoms with Crippen molar-refractivity contribution in [2.45, 2.75) is 19.8 Å². The summed E-state index contributed by atoms with van der Waals surface area (Å²) >= 11 is 0. The molecule has 0 saturated carbocycles. The van der Waals surface area contributed by atoms with Crippen molar-refractivity contribution >= 4 is 15.2 Å². The second-order valence-electron chi connectivity index (χ2n) is 3.18. The van der Waals surface area contributed by atoms with Crippen molar-refractivity contribution in [2.24, 2.45) is 0 Å². The molecular weight excluding hydrogens is 192 g/mol. The summed E-state index contributed by atoms with van der Waals surface area (Å²) in [7, 11) is -0.919. The van der Waals surface area contributed by atoms with Crippen LogP contribution in [-0.2, 0) is 15.6 Å². The lowest BCUT2D eigenvalue weighted by molar-refractivity contribution is -0.112. The molecule has 0 fully saturated rings. The Bertz CT molecular complexity index is 272. The Kier molecular flexibility index (Phi) is 5.18. The predicted octanol–water partition coefficient (Wildman–Crippen LogP) is 1.27. The van der Waals surface area contributed by atoms with E-state index in [9.17, 15) is 4.79 Å². The van der Waals surface area contributed by atoms with Gasteiger partial charge in [-0.25, -0.2) is 0 Å². The summed E-state index contributed by atoms with van der Waals surface area (Å²) in [4.78, 5) is 11.0. The monoisotopic (exact) mass is 208 g/mol. The van der Waals surface area contributed by atoms with E-state index in [0.717, 1.165) is 6.42 Å². The molecule has 0 aromatic heterocycles. The predicted molar refractivity (Wildman–Crippen MR) is 59.9 cm³/mol. The Morgan fingerprint density at radius 2 is 2.07 bits per heavy atom. The minimum atomic E-state index is -0.919. The fraction of sp³-hybridized carbons (Fsp3) is 0.364. The van der Waals surface area contributed by atoms with Crippen LogP contribution in [0, 0.1) is 0 Å². The van der Waals surface area contributed by atoms with E-state index in [1.54, 1.807) is 0 Å². The summed E-state index contributed by atoms with van der Waals surface area (Å²) in [6.45, 7) is 2.57. The van der Waals surface area contributed by atoms with Gasteiger partial charge in [-0.2, -0.15) is 0 Å². The Morgan fingerprint density at radius 1 is 1.36 bits per heavy atom. The first-order chi connectivity index (χ1) is 6.83. The van der Waals surface area contributed by atoms with Crippen molar-refractivity contribution in [2.75, 3.05) is 6.61 Å². The second-order valence-corrected chi connectivity index (χ2v) is 4.67. The first kappa shape index (κ1) is 11.1. The zero-order valence-electron chi connectivity index (χ0n) is 8.53. The average Bonchev–Trinajstić information content (AvgIpc) is 2.25. The molecule has 0 unspecified atom stereocenters. The van der Waals surface area contributed by atoms with Crippen LogP contribution in [0.2, 0.25) is 0 Å². The normalized spacial score (nSPS) is 10.9. The van der Waals surface area contributed by atoms with Gasteiger partial charge in [-0.1, -0.05) is 37.3 Å². The van der Waals surface area contributed by atoms with E-state index < -0.39 is 9.76 Å². The Hall–Kier alpha value is -0.933. The molecule has 0 radical (unpaired) electrons. The highest BCUT2D eigenvalue weighted by molar-refractivity contribution is 6.68. The van der Waals surface area contributed by atoms with Crippen LogP contribution in [0.3, 0.4) is 0 Å². The summed E-state index contributed by atoms with van der Waals surface area (Å²) < 4.78 is 5.38. The maximum absolute atomic E-state index is 11.0. The third-order valence-corrected chi connectivity index (χ3v) is 3.35. The van der Waals surface area contributed by atoms with Gasteiger partial charge < -0.3 is 9.22 Å². The molecule has 0 atom stereocenters. The second kappa shape index (κ2) is 6.51. The van der Waals surface area contributed by atoms with Crippen LogP contribution in [0.15, 0.2) is 30.3 Å². The maximum Gasteiger partial charge on any atom is 0.234 e. The van der Waals surface area contributed by atoms with Crippen molar-refractivity contribution in [3.8, 4) is 0 Å². The average molecular weight is 208 g/mol. The van der Waals surface area contributed by atoms with Crippen LogP contribution in [0.1, 0.15) is 18.9 Å². The minimum Gasteiger partial charge on any atom is -0.415 e. The van der Waals surface area contributed by atoms with Gasteiger partial charge in [0.25, 0.3) is 0 Å². The topological polar surface area (TPSA) is 26.3 Å². The van der Waals surface area contributed by atoms with Crippen molar-refractivity contribution in [1.29, 1.82) is 0 Å². The zero-order valence-corrected chi connectivity index (χ0v) is 9.95. The summed E-state index contributed by atoms with van der Waals surface area (Å²) in [5.41, 5.74) is 1.27. The molecule has 0 N–H and O–H groups in total. The highest BCUT2D eigenvalue weighted by Gasteiger charge is 1.99. The summed E-state index contributed by atoms with van der Waals surface area (Å²) in [6, 6.07) is 10.2. The van der Waals surface area contributed by atoms with Gasteiger partial charge >= 0.3 is 0 Å². The Balaban J connectivity index is 2.13. The van der Waals surface area contributed by atoms with Crippen LogP contribution < -0.4 is 0 Å². The Labute approximate surface area is 87.2 Å². The fourth-order valence-corrected chi connectivity index (χ4v) is 1.84. The minimum absolute atomic E-state index is 0.304. The highest BCUT2D eigenvalue weighted by atomic mass is 28.2. The van der Waals surface area contributed by atoms with E-state index in [-0.39, 0.29) is 0 Å². The molecule has 1 rings (SSSR count). The van der Waals surface area contributed by atoms with E-state index in [0.29, 0.717) is 18.4 Å². The van der Waals surface area contributed by atoms with E-state index in [1.165, 1.54) is 5.56 Å². The van der Waals surface area contributed by atoms with Crippen LogP contribution in [0.4, 0.5) is 0 Å². The molecule has 1 aromatic carbocycles. The van der Waals surface area contributed by atoms with Crippen molar-refractivity contribution in [1.82, 2.24) is 0 Å². The molecule has 1 aromatic rings. The first-order valence-corrected chi connectivity index (χ1v) is 6.24. The lowest BCUT2D eigenvalue weighted by Crippen LogP contribution is -2.13. The molecule has 0 aliphatic carbocycles. The standard InChI is InChI=1S/C11H16O2Si/c1-2-11(12)14-13-9-8-10-6-4-3-5-7-10/h3-7H,2,8-9,14H2,1H3. The number of rotatable bonds is 6. The van der Waals surface area contributed by atoms with Crippen LogP contribution in [0.25, 0.3) is 0 Å². The third kappa shape index (κ3) is 4.34. The molecule has 0 amide bonds. The van der Waals surface area contributed by atoms with Crippen LogP contribution in [0.5, 0.6) is 0 Å². The van der Waals surface area contributed by atoms with Gasteiger partial charge in [0.05, 0.1) is 0 Å². The van der Waals surface area contributed by atoms with Crippen molar-refractivity contribution < 1.29 is 9.22 Å². The van der Waals surface area contributed by atoms with Gasteiger partial charge in [0.1, 0.15) is 5.41 Å². The van der Waals surface area contributed by atoms with E-state index in [4.69, 9.17) is 4.43 Å². The molecule has 0 heterocycles. The molecule has 0 saturated heterocycles.